The van der Waals surface area contributed by atoms with Crippen LogP contribution in [0.25, 0.3) is 0 Å². The largest absolute Gasteiger partial charge is 0.493 e. The van der Waals surface area contributed by atoms with E-state index in [1.165, 1.54) is 0 Å². The lowest BCUT2D eigenvalue weighted by molar-refractivity contribution is 0.340. The van der Waals surface area contributed by atoms with E-state index in [0.717, 1.165) is 29.5 Å². The molecule has 0 saturated carbocycles. The summed E-state index contributed by atoms with van der Waals surface area (Å²) < 4.78 is 30.0. The van der Waals surface area contributed by atoms with E-state index in [1.54, 1.807) is 13.8 Å². The summed E-state index contributed by atoms with van der Waals surface area (Å²) in [6, 6.07) is 5.71. The highest BCUT2D eigenvalue weighted by Gasteiger charge is 2.15. The number of benzene rings is 1. The monoisotopic (exact) mass is 377 g/mol. The lowest BCUT2D eigenvalue weighted by atomic mass is 10.2. The van der Waals surface area contributed by atoms with E-state index >= 15 is 0 Å². The molecule has 1 rings (SSSR count). The fourth-order valence-electron chi connectivity index (χ4n) is 1.69. The van der Waals surface area contributed by atoms with Gasteiger partial charge in [0, 0.05) is 11.0 Å². The molecule has 0 atom stereocenters. The van der Waals surface area contributed by atoms with Crippen LogP contribution in [0.15, 0.2) is 22.7 Å². The quantitative estimate of drug-likeness (QED) is 0.671. The summed E-state index contributed by atoms with van der Waals surface area (Å²) in [5.41, 5.74) is 1.10. The molecule has 1 aromatic rings. The van der Waals surface area contributed by atoms with Gasteiger partial charge in [0.05, 0.1) is 11.0 Å². The molecule has 0 radical (unpaired) electrons. The molecule has 1 N–H and O–H groups in total. The third kappa shape index (κ3) is 6.36. The van der Waals surface area contributed by atoms with Crippen LogP contribution < -0.4 is 10.1 Å². The zero-order valence-electron chi connectivity index (χ0n) is 12.9. The molecule has 4 nitrogen and oxygen atoms in total. The Morgan fingerprint density at radius 1 is 1.33 bits per heavy atom. The summed E-state index contributed by atoms with van der Waals surface area (Å²) in [7, 11) is -3.05. The van der Waals surface area contributed by atoms with Gasteiger partial charge in [-0.25, -0.2) is 8.42 Å². The number of sulfone groups is 1. The smallest absolute Gasteiger partial charge is 0.155 e. The van der Waals surface area contributed by atoms with E-state index in [1.807, 2.05) is 18.2 Å². The lowest BCUT2D eigenvalue weighted by Crippen LogP contribution is -2.22. The first-order valence-electron chi connectivity index (χ1n) is 7.20. The van der Waals surface area contributed by atoms with Crippen LogP contribution in [0, 0.1) is 0 Å². The molecule has 0 amide bonds. The molecule has 0 spiro atoms. The van der Waals surface area contributed by atoms with Crippen LogP contribution in [0.1, 0.15) is 32.8 Å². The summed E-state index contributed by atoms with van der Waals surface area (Å²) in [6.07, 6.45) is 1.08. The number of hydrogen-bond donors (Lipinski definition) is 1. The third-order valence-electron chi connectivity index (χ3n) is 3.11. The zero-order valence-corrected chi connectivity index (χ0v) is 15.3. The van der Waals surface area contributed by atoms with Crippen molar-refractivity contribution in [2.24, 2.45) is 0 Å². The summed E-state index contributed by atoms with van der Waals surface area (Å²) in [6.45, 7) is 7.40. The lowest BCUT2D eigenvalue weighted by Gasteiger charge is -2.12. The Labute approximate surface area is 136 Å². The minimum absolute atomic E-state index is 0.0458. The molecular formula is C15H24BrNO3S. The molecule has 0 bridgehead atoms. The highest BCUT2D eigenvalue weighted by atomic mass is 79.9. The topological polar surface area (TPSA) is 55.4 Å². The Morgan fingerprint density at radius 3 is 2.67 bits per heavy atom. The summed E-state index contributed by atoms with van der Waals surface area (Å²) in [5.74, 6) is 0.745. The van der Waals surface area contributed by atoms with Gasteiger partial charge >= 0.3 is 0 Å². The van der Waals surface area contributed by atoms with Gasteiger partial charge in [0.15, 0.2) is 9.84 Å². The van der Waals surface area contributed by atoms with E-state index in [-0.39, 0.29) is 17.6 Å². The molecule has 0 unspecified atom stereocenters. The average Bonchev–Trinajstić information content (AvgIpc) is 2.42. The van der Waals surface area contributed by atoms with E-state index < -0.39 is 9.84 Å². The summed E-state index contributed by atoms with van der Waals surface area (Å²) in [5, 5.41) is 2.97. The number of ether oxygens (including phenoxy) is 1. The maximum Gasteiger partial charge on any atom is 0.155 e. The van der Waals surface area contributed by atoms with Gasteiger partial charge in [0.2, 0.25) is 0 Å². The van der Waals surface area contributed by atoms with Crippen LogP contribution in [0.2, 0.25) is 0 Å². The molecule has 0 aliphatic heterocycles. The van der Waals surface area contributed by atoms with Crippen LogP contribution >= 0.6 is 15.9 Å². The van der Waals surface area contributed by atoms with E-state index in [0.29, 0.717) is 5.75 Å². The molecule has 1 aromatic carbocycles. The van der Waals surface area contributed by atoms with Crippen LogP contribution in [0.3, 0.4) is 0 Å². The zero-order chi connectivity index (χ0) is 15.9. The molecule has 120 valence electrons. The van der Waals surface area contributed by atoms with Crippen LogP contribution in [0.4, 0.5) is 0 Å². The molecule has 0 aliphatic carbocycles. The van der Waals surface area contributed by atoms with Crippen molar-refractivity contribution in [2.45, 2.75) is 39.0 Å². The number of hydrogen-bond acceptors (Lipinski definition) is 4. The molecule has 0 heterocycles. The van der Waals surface area contributed by atoms with Crippen LogP contribution in [-0.2, 0) is 16.4 Å². The van der Waals surface area contributed by atoms with Gasteiger partial charge < -0.3 is 10.1 Å². The van der Waals surface area contributed by atoms with Crippen molar-refractivity contribution in [1.82, 2.24) is 5.32 Å². The maximum absolute atomic E-state index is 11.7. The van der Waals surface area contributed by atoms with E-state index in [9.17, 15) is 8.42 Å². The molecule has 21 heavy (non-hydrogen) atoms. The SMILES string of the molecule is CCCNCc1cc(OCCS(=O)(=O)C(C)C)ccc1Br. The summed E-state index contributed by atoms with van der Waals surface area (Å²) in [4.78, 5) is 0. The first-order chi connectivity index (χ1) is 9.86. The van der Waals surface area contributed by atoms with Crippen molar-refractivity contribution < 1.29 is 13.2 Å². The summed E-state index contributed by atoms with van der Waals surface area (Å²) >= 11 is 3.51. The average molecular weight is 378 g/mol. The fraction of sp³-hybridized carbons (Fsp3) is 0.600. The first kappa shape index (κ1) is 18.5. The third-order valence-corrected chi connectivity index (χ3v) is 6.06. The van der Waals surface area contributed by atoms with Gasteiger partial charge in [-0.15, -0.1) is 0 Å². The van der Waals surface area contributed by atoms with Crippen molar-refractivity contribution >= 4 is 25.8 Å². The van der Waals surface area contributed by atoms with E-state index in [4.69, 9.17) is 4.74 Å². The van der Waals surface area contributed by atoms with Gasteiger partial charge in [0.1, 0.15) is 12.4 Å². The predicted octanol–water partition coefficient (Wildman–Crippen LogP) is 3.15. The Kier molecular flexibility index (Phi) is 7.70. The predicted molar refractivity (Wildman–Crippen MR) is 90.6 cm³/mol. The molecule has 0 aromatic heterocycles. The number of nitrogens with one attached hydrogen (secondary N) is 1. The Balaban J connectivity index is 2.58. The first-order valence-corrected chi connectivity index (χ1v) is 9.71. The molecule has 0 aliphatic rings. The highest BCUT2D eigenvalue weighted by Crippen LogP contribution is 2.22. The molecule has 6 heteroatoms. The minimum Gasteiger partial charge on any atom is -0.493 e. The molecule has 0 saturated heterocycles. The second-order valence-electron chi connectivity index (χ2n) is 5.19. The Morgan fingerprint density at radius 2 is 2.05 bits per heavy atom. The maximum atomic E-state index is 11.7. The van der Waals surface area contributed by atoms with Gasteiger partial charge in [-0.1, -0.05) is 22.9 Å². The van der Waals surface area contributed by atoms with E-state index in [2.05, 4.69) is 28.2 Å². The van der Waals surface area contributed by atoms with Crippen molar-refractivity contribution in [1.29, 1.82) is 0 Å². The fourth-order valence-corrected chi connectivity index (χ4v) is 2.86. The van der Waals surface area contributed by atoms with Gasteiger partial charge in [0.25, 0.3) is 0 Å². The van der Waals surface area contributed by atoms with Crippen molar-refractivity contribution in [3.05, 3.63) is 28.2 Å². The number of halogens is 1. The minimum atomic E-state index is -3.05. The van der Waals surface area contributed by atoms with Crippen molar-refractivity contribution in [3.8, 4) is 5.75 Å². The van der Waals surface area contributed by atoms with Gasteiger partial charge in [-0.2, -0.15) is 0 Å². The Hall–Kier alpha value is -0.590. The van der Waals surface area contributed by atoms with Crippen molar-refractivity contribution in [3.63, 3.8) is 0 Å². The van der Waals surface area contributed by atoms with Crippen LogP contribution in [-0.4, -0.2) is 32.6 Å². The standard InChI is InChI=1S/C15H24BrNO3S/c1-4-7-17-11-13-10-14(5-6-15(13)16)20-8-9-21(18,19)12(2)3/h5-6,10,12,17H,4,7-9,11H2,1-3H3. The second kappa shape index (κ2) is 8.76. The second-order valence-corrected chi connectivity index (χ2v) is 8.73. The van der Waals surface area contributed by atoms with Crippen LogP contribution in [0.5, 0.6) is 5.75 Å². The van der Waals surface area contributed by atoms with Gasteiger partial charge in [-0.05, 0) is 50.6 Å². The number of rotatable bonds is 9. The highest BCUT2D eigenvalue weighted by molar-refractivity contribution is 9.10. The van der Waals surface area contributed by atoms with Crippen molar-refractivity contribution in [2.75, 3.05) is 18.9 Å². The molecule has 0 fully saturated rings. The molecular weight excluding hydrogens is 354 g/mol. The van der Waals surface area contributed by atoms with Gasteiger partial charge in [-0.3, -0.25) is 0 Å². The normalized spacial score (nSPS) is 11.9. The Bertz CT molecular complexity index is 544.